The SMILES string of the molecule is C[C@@H]1CCC[C@H](C)N1C(=O)c1ccccc1C(=O)[O-]. The minimum Gasteiger partial charge on any atom is -0.545 e. The number of piperidine rings is 1. The van der Waals surface area contributed by atoms with Crippen LogP contribution in [0, 0.1) is 0 Å². The maximum Gasteiger partial charge on any atom is 0.255 e. The molecule has 2 rings (SSSR count). The fourth-order valence-corrected chi connectivity index (χ4v) is 2.81. The number of nitrogens with zero attached hydrogens (tertiary/aromatic N) is 1. The molecule has 0 aromatic heterocycles. The second-order valence-corrected chi connectivity index (χ2v) is 5.17. The molecular weight excluding hydrogens is 242 g/mol. The third-order valence-electron chi connectivity index (χ3n) is 3.81. The van der Waals surface area contributed by atoms with E-state index in [1.165, 1.54) is 6.07 Å². The van der Waals surface area contributed by atoms with Gasteiger partial charge in [0.1, 0.15) is 0 Å². The molecule has 0 aliphatic carbocycles. The quantitative estimate of drug-likeness (QED) is 0.808. The van der Waals surface area contributed by atoms with Gasteiger partial charge in [-0.1, -0.05) is 18.2 Å². The normalized spacial score (nSPS) is 23.2. The van der Waals surface area contributed by atoms with Gasteiger partial charge in [0.2, 0.25) is 0 Å². The van der Waals surface area contributed by atoms with Crippen LogP contribution in [0.5, 0.6) is 0 Å². The van der Waals surface area contributed by atoms with E-state index in [1.807, 2.05) is 13.8 Å². The lowest BCUT2D eigenvalue weighted by atomic mass is 9.95. The summed E-state index contributed by atoms with van der Waals surface area (Å²) in [6, 6.07) is 6.55. The molecule has 0 N–H and O–H groups in total. The van der Waals surface area contributed by atoms with Crippen LogP contribution in [0.15, 0.2) is 24.3 Å². The zero-order valence-corrected chi connectivity index (χ0v) is 11.3. The van der Waals surface area contributed by atoms with E-state index < -0.39 is 5.97 Å². The number of hydrogen-bond acceptors (Lipinski definition) is 3. The minimum atomic E-state index is -1.30. The number of carboxylic acids is 1. The Kier molecular flexibility index (Phi) is 3.88. The standard InChI is InChI=1S/C15H19NO3/c1-10-6-5-7-11(2)16(10)14(17)12-8-3-4-9-13(12)15(18)19/h3-4,8-11H,5-7H2,1-2H3,(H,18,19)/p-1/t10-,11+. The van der Waals surface area contributed by atoms with Crippen molar-refractivity contribution in [2.24, 2.45) is 0 Å². The summed E-state index contributed by atoms with van der Waals surface area (Å²) in [4.78, 5) is 25.5. The largest absolute Gasteiger partial charge is 0.545 e. The number of benzene rings is 1. The number of aromatic carboxylic acids is 1. The van der Waals surface area contributed by atoms with Crippen molar-refractivity contribution in [3.8, 4) is 0 Å². The average Bonchev–Trinajstić information content (AvgIpc) is 2.38. The third-order valence-corrected chi connectivity index (χ3v) is 3.81. The highest BCUT2D eigenvalue weighted by Gasteiger charge is 2.30. The van der Waals surface area contributed by atoms with Crippen molar-refractivity contribution in [3.05, 3.63) is 35.4 Å². The van der Waals surface area contributed by atoms with Crippen LogP contribution in [0.3, 0.4) is 0 Å². The van der Waals surface area contributed by atoms with Crippen molar-refractivity contribution in [2.45, 2.75) is 45.2 Å². The second kappa shape index (κ2) is 5.43. The molecule has 2 atom stereocenters. The molecule has 1 aromatic carbocycles. The van der Waals surface area contributed by atoms with Crippen molar-refractivity contribution in [3.63, 3.8) is 0 Å². The number of hydrogen-bond donors (Lipinski definition) is 0. The zero-order valence-electron chi connectivity index (χ0n) is 11.3. The van der Waals surface area contributed by atoms with Gasteiger partial charge < -0.3 is 14.8 Å². The van der Waals surface area contributed by atoms with Crippen LogP contribution in [-0.4, -0.2) is 28.9 Å². The monoisotopic (exact) mass is 260 g/mol. The number of carbonyl (C=O) groups excluding carboxylic acids is 2. The average molecular weight is 260 g/mol. The highest BCUT2D eigenvalue weighted by Crippen LogP contribution is 2.25. The summed E-state index contributed by atoms with van der Waals surface area (Å²) in [6.07, 6.45) is 3.03. The maximum absolute atomic E-state index is 12.6. The van der Waals surface area contributed by atoms with E-state index in [2.05, 4.69) is 0 Å². The Labute approximate surface area is 113 Å². The van der Waals surface area contributed by atoms with Gasteiger partial charge in [0.25, 0.3) is 5.91 Å². The van der Waals surface area contributed by atoms with Gasteiger partial charge in [0.05, 0.1) is 5.97 Å². The van der Waals surface area contributed by atoms with Crippen LogP contribution in [0.25, 0.3) is 0 Å². The summed E-state index contributed by atoms with van der Waals surface area (Å²) in [6.45, 7) is 4.02. The van der Waals surface area contributed by atoms with Crippen molar-refractivity contribution >= 4 is 11.9 Å². The first-order valence-corrected chi connectivity index (χ1v) is 6.65. The van der Waals surface area contributed by atoms with Gasteiger partial charge in [-0.3, -0.25) is 4.79 Å². The molecule has 102 valence electrons. The van der Waals surface area contributed by atoms with Gasteiger partial charge in [-0.15, -0.1) is 0 Å². The molecule has 1 saturated heterocycles. The molecule has 1 heterocycles. The Morgan fingerprint density at radius 1 is 1.11 bits per heavy atom. The van der Waals surface area contributed by atoms with Crippen LogP contribution in [0.4, 0.5) is 0 Å². The Bertz CT molecular complexity index is 488. The van der Waals surface area contributed by atoms with Crippen molar-refractivity contribution in [1.82, 2.24) is 4.90 Å². The van der Waals surface area contributed by atoms with E-state index in [9.17, 15) is 14.7 Å². The van der Waals surface area contributed by atoms with E-state index in [4.69, 9.17) is 0 Å². The van der Waals surface area contributed by atoms with Gasteiger partial charge in [-0.25, -0.2) is 0 Å². The molecule has 1 aromatic rings. The summed E-state index contributed by atoms with van der Waals surface area (Å²) in [5.74, 6) is -1.51. The molecule has 19 heavy (non-hydrogen) atoms. The molecule has 1 fully saturated rings. The number of rotatable bonds is 2. The highest BCUT2D eigenvalue weighted by molar-refractivity contribution is 6.04. The molecule has 4 nitrogen and oxygen atoms in total. The lowest BCUT2D eigenvalue weighted by Gasteiger charge is -2.39. The first-order chi connectivity index (χ1) is 9.02. The smallest absolute Gasteiger partial charge is 0.255 e. The van der Waals surface area contributed by atoms with Gasteiger partial charge >= 0.3 is 0 Å². The van der Waals surface area contributed by atoms with Gasteiger partial charge in [0, 0.05) is 23.2 Å². The minimum absolute atomic E-state index is 0.0301. The lowest BCUT2D eigenvalue weighted by molar-refractivity contribution is -0.255. The maximum atomic E-state index is 12.6. The van der Waals surface area contributed by atoms with E-state index >= 15 is 0 Å². The molecule has 1 aliphatic heterocycles. The summed E-state index contributed by atoms with van der Waals surface area (Å²) < 4.78 is 0. The number of carbonyl (C=O) groups is 2. The number of amides is 1. The Hall–Kier alpha value is -1.84. The van der Waals surface area contributed by atoms with Gasteiger partial charge in [-0.2, -0.15) is 0 Å². The predicted molar refractivity (Wildman–Crippen MR) is 69.7 cm³/mol. The Balaban J connectivity index is 2.36. The summed E-state index contributed by atoms with van der Waals surface area (Å²) in [7, 11) is 0. The van der Waals surface area contributed by atoms with E-state index in [-0.39, 0.29) is 29.1 Å². The number of carboxylic acid groups (broad SMARTS) is 1. The first-order valence-electron chi connectivity index (χ1n) is 6.65. The molecule has 0 unspecified atom stereocenters. The fourth-order valence-electron chi connectivity index (χ4n) is 2.81. The molecular formula is C15H18NO3-. The second-order valence-electron chi connectivity index (χ2n) is 5.17. The number of likely N-dealkylation sites (tertiary alicyclic amines) is 1. The third kappa shape index (κ3) is 2.62. The Morgan fingerprint density at radius 3 is 2.16 bits per heavy atom. The van der Waals surface area contributed by atoms with E-state index in [1.54, 1.807) is 23.1 Å². The van der Waals surface area contributed by atoms with Crippen molar-refractivity contribution in [1.29, 1.82) is 0 Å². The van der Waals surface area contributed by atoms with E-state index in [0.717, 1.165) is 19.3 Å². The molecule has 0 spiro atoms. The highest BCUT2D eigenvalue weighted by atomic mass is 16.4. The molecule has 0 saturated carbocycles. The van der Waals surface area contributed by atoms with E-state index in [0.29, 0.717) is 0 Å². The molecule has 4 heteroatoms. The Morgan fingerprint density at radius 2 is 1.63 bits per heavy atom. The van der Waals surface area contributed by atoms with Crippen molar-refractivity contribution in [2.75, 3.05) is 0 Å². The topological polar surface area (TPSA) is 60.4 Å². The van der Waals surface area contributed by atoms with Crippen molar-refractivity contribution < 1.29 is 14.7 Å². The first kappa shape index (κ1) is 13.6. The van der Waals surface area contributed by atoms with Crippen LogP contribution in [-0.2, 0) is 0 Å². The van der Waals surface area contributed by atoms with Crippen LogP contribution < -0.4 is 5.11 Å². The van der Waals surface area contributed by atoms with Crippen LogP contribution in [0.1, 0.15) is 53.8 Å². The molecule has 1 aliphatic rings. The molecule has 0 radical (unpaired) electrons. The zero-order chi connectivity index (χ0) is 14.0. The van der Waals surface area contributed by atoms with Crippen LogP contribution >= 0.6 is 0 Å². The lowest BCUT2D eigenvalue weighted by Crippen LogP contribution is -2.48. The summed E-state index contributed by atoms with van der Waals surface area (Å²) in [5.41, 5.74) is 0.195. The fraction of sp³-hybridized carbons (Fsp3) is 0.467. The predicted octanol–water partition coefficient (Wildman–Crippen LogP) is 1.45. The summed E-state index contributed by atoms with van der Waals surface area (Å²) >= 11 is 0. The molecule has 0 bridgehead atoms. The summed E-state index contributed by atoms with van der Waals surface area (Å²) in [5, 5.41) is 11.1. The molecule has 1 amide bonds. The van der Waals surface area contributed by atoms with Crippen LogP contribution in [0.2, 0.25) is 0 Å². The van der Waals surface area contributed by atoms with Gasteiger partial charge in [0.15, 0.2) is 0 Å². The van der Waals surface area contributed by atoms with Gasteiger partial charge in [-0.05, 0) is 39.2 Å².